The van der Waals surface area contributed by atoms with Crippen LogP contribution in [0.2, 0.25) is 0 Å². The van der Waals surface area contributed by atoms with E-state index < -0.39 is 0 Å². The van der Waals surface area contributed by atoms with Gasteiger partial charge in [0.25, 0.3) is 11.8 Å². The number of benzene rings is 1. The van der Waals surface area contributed by atoms with Crippen molar-refractivity contribution in [3.8, 4) is 11.5 Å². The number of ether oxygens (including phenoxy) is 2. The second-order valence-electron chi connectivity index (χ2n) is 5.37. The fourth-order valence-corrected chi connectivity index (χ4v) is 2.16. The number of para-hydroxylation sites is 2. The molecule has 0 saturated heterocycles. The molecule has 0 fully saturated rings. The van der Waals surface area contributed by atoms with E-state index in [9.17, 15) is 9.59 Å². The van der Waals surface area contributed by atoms with Gasteiger partial charge in [-0.3, -0.25) is 14.6 Å². The van der Waals surface area contributed by atoms with Gasteiger partial charge < -0.3 is 20.1 Å². The monoisotopic (exact) mass is 357 g/mol. The van der Waals surface area contributed by atoms with Crippen molar-refractivity contribution in [1.82, 2.24) is 15.6 Å². The smallest absolute Gasteiger partial charge is 0.257 e. The molecule has 2 N–H and O–H groups in total. The first-order valence-electron chi connectivity index (χ1n) is 8.50. The van der Waals surface area contributed by atoms with Gasteiger partial charge in [-0.05, 0) is 37.6 Å². The molecule has 2 aromatic rings. The molecular formula is C19H23N3O4. The van der Waals surface area contributed by atoms with Crippen LogP contribution in [0.5, 0.6) is 11.5 Å². The van der Waals surface area contributed by atoms with Gasteiger partial charge in [0.15, 0.2) is 18.1 Å². The second-order valence-corrected chi connectivity index (χ2v) is 5.37. The highest BCUT2D eigenvalue weighted by atomic mass is 16.5. The first-order valence-corrected chi connectivity index (χ1v) is 8.50. The molecule has 0 bridgehead atoms. The summed E-state index contributed by atoms with van der Waals surface area (Å²) in [6.07, 6.45) is 3.74. The molecule has 2 rings (SSSR count). The molecule has 1 aromatic heterocycles. The summed E-state index contributed by atoms with van der Waals surface area (Å²) in [4.78, 5) is 27.5. The largest absolute Gasteiger partial charge is 0.490 e. The van der Waals surface area contributed by atoms with E-state index in [0.29, 0.717) is 43.2 Å². The van der Waals surface area contributed by atoms with Gasteiger partial charge in [0.05, 0.1) is 12.2 Å². The number of rotatable bonds is 10. The Kier molecular flexibility index (Phi) is 7.92. The third kappa shape index (κ3) is 6.43. The molecule has 0 spiro atoms. The number of aromatic nitrogens is 1. The van der Waals surface area contributed by atoms with Crippen LogP contribution in [0.1, 0.15) is 23.7 Å². The van der Waals surface area contributed by atoms with E-state index >= 15 is 0 Å². The molecule has 0 aliphatic heterocycles. The Morgan fingerprint density at radius 1 is 1.00 bits per heavy atom. The molecule has 26 heavy (non-hydrogen) atoms. The van der Waals surface area contributed by atoms with Crippen molar-refractivity contribution < 1.29 is 19.1 Å². The maximum Gasteiger partial charge on any atom is 0.257 e. The van der Waals surface area contributed by atoms with Gasteiger partial charge in [-0.25, -0.2) is 0 Å². The third-order valence-corrected chi connectivity index (χ3v) is 3.39. The van der Waals surface area contributed by atoms with E-state index in [-0.39, 0.29) is 18.4 Å². The molecule has 7 nitrogen and oxygen atoms in total. The van der Waals surface area contributed by atoms with Crippen LogP contribution in [-0.2, 0) is 4.79 Å². The zero-order valence-corrected chi connectivity index (χ0v) is 14.7. The van der Waals surface area contributed by atoms with Gasteiger partial charge in [0, 0.05) is 25.5 Å². The van der Waals surface area contributed by atoms with E-state index in [2.05, 4.69) is 15.6 Å². The Balaban J connectivity index is 1.61. The lowest BCUT2D eigenvalue weighted by Gasteiger charge is -2.11. The summed E-state index contributed by atoms with van der Waals surface area (Å²) in [5.41, 5.74) is 0.512. The average molecular weight is 357 g/mol. The van der Waals surface area contributed by atoms with Crippen molar-refractivity contribution >= 4 is 11.8 Å². The lowest BCUT2D eigenvalue weighted by Crippen LogP contribution is -2.32. The molecular weight excluding hydrogens is 334 g/mol. The highest BCUT2D eigenvalue weighted by molar-refractivity contribution is 5.93. The van der Waals surface area contributed by atoms with Gasteiger partial charge in [-0.15, -0.1) is 0 Å². The van der Waals surface area contributed by atoms with E-state index in [0.717, 1.165) is 0 Å². The third-order valence-electron chi connectivity index (χ3n) is 3.39. The molecule has 7 heteroatoms. The van der Waals surface area contributed by atoms with E-state index in [1.807, 2.05) is 19.1 Å². The Bertz CT molecular complexity index is 707. The summed E-state index contributed by atoms with van der Waals surface area (Å²) < 4.78 is 10.9. The Labute approximate surface area is 152 Å². The highest BCUT2D eigenvalue weighted by Gasteiger charge is 2.07. The van der Waals surface area contributed by atoms with Gasteiger partial charge in [-0.2, -0.15) is 0 Å². The average Bonchev–Trinajstić information content (AvgIpc) is 2.68. The van der Waals surface area contributed by atoms with Gasteiger partial charge in [0.1, 0.15) is 0 Å². The van der Waals surface area contributed by atoms with Crippen LogP contribution in [0.4, 0.5) is 0 Å². The molecule has 0 saturated carbocycles. The number of carbonyl (C=O) groups is 2. The number of pyridine rings is 1. The summed E-state index contributed by atoms with van der Waals surface area (Å²) in [7, 11) is 0. The van der Waals surface area contributed by atoms with Crippen LogP contribution in [-0.4, -0.2) is 43.1 Å². The molecule has 0 aliphatic rings. The Morgan fingerprint density at radius 2 is 1.73 bits per heavy atom. The SMILES string of the molecule is CCOc1ccccc1OCC(=O)NCCCNC(=O)c1cccnc1. The summed E-state index contributed by atoms with van der Waals surface area (Å²) in [5, 5.41) is 5.52. The molecule has 1 heterocycles. The predicted octanol–water partition coefficient (Wildman–Crippen LogP) is 1.80. The van der Waals surface area contributed by atoms with Crippen LogP contribution in [0.3, 0.4) is 0 Å². The number of nitrogens with one attached hydrogen (secondary N) is 2. The van der Waals surface area contributed by atoms with Gasteiger partial charge in [-0.1, -0.05) is 12.1 Å². The standard InChI is InChI=1S/C19H23N3O4/c1-2-25-16-8-3-4-9-17(16)26-14-18(23)21-11-6-12-22-19(24)15-7-5-10-20-13-15/h3-5,7-10,13H,2,6,11-12,14H2,1H3,(H,21,23)(H,22,24). The number of hydrogen-bond acceptors (Lipinski definition) is 5. The summed E-state index contributed by atoms with van der Waals surface area (Å²) in [6.45, 7) is 3.23. The van der Waals surface area contributed by atoms with Crippen molar-refractivity contribution in [1.29, 1.82) is 0 Å². The number of nitrogens with zero attached hydrogens (tertiary/aromatic N) is 1. The topological polar surface area (TPSA) is 89.5 Å². The summed E-state index contributed by atoms with van der Waals surface area (Å²) in [5.74, 6) is 0.740. The molecule has 0 aliphatic carbocycles. The molecule has 0 radical (unpaired) electrons. The molecule has 1 aromatic carbocycles. The van der Waals surface area contributed by atoms with Crippen LogP contribution in [0.25, 0.3) is 0 Å². The minimum absolute atomic E-state index is 0.0911. The van der Waals surface area contributed by atoms with Crippen molar-refractivity contribution in [3.63, 3.8) is 0 Å². The molecule has 138 valence electrons. The van der Waals surface area contributed by atoms with Gasteiger partial charge in [0.2, 0.25) is 0 Å². The second kappa shape index (κ2) is 10.7. The molecule has 0 atom stereocenters. The zero-order chi connectivity index (χ0) is 18.6. The number of hydrogen-bond donors (Lipinski definition) is 2. The van der Waals surface area contributed by atoms with Crippen LogP contribution in [0.15, 0.2) is 48.8 Å². The number of carbonyl (C=O) groups excluding carboxylic acids is 2. The predicted molar refractivity (Wildman–Crippen MR) is 97.3 cm³/mol. The van der Waals surface area contributed by atoms with Crippen LogP contribution < -0.4 is 20.1 Å². The van der Waals surface area contributed by atoms with E-state index in [1.54, 1.807) is 30.5 Å². The molecule has 0 unspecified atom stereocenters. The first-order chi connectivity index (χ1) is 12.7. The number of amides is 2. The normalized spacial score (nSPS) is 10.0. The van der Waals surface area contributed by atoms with Crippen molar-refractivity contribution in [2.24, 2.45) is 0 Å². The lowest BCUT2D eigenvalue weighted by atomic mass is 10.2. The lowest BCUT2D eigenvalue weighted by molar-refractivity contribution is -0.123. The van der Waals surface area contributed by atoms with Gasteiger partial charge >= 0.3 is 0 Å². The minimum atomic E-state index is -0.227. The fourth-order valence-electron chi connectivity index (χ4n) is 2.16. The quantitative estimate of drug-likeness (QED) is 0.633. The van der Waals surface area contributed by atoms with Crippen molar-refractivity contribution in [3.05, 3.63) is 54.4 Å². The first kappa shape index (κ1) is 19.2. The Hall–Kier alpha value is -3.09. The van der Waals surface area contributed by atoms with Crippen molar-refractivity contribution in [2.75, 3.05) is 26.3 Å². The molecule has 2 amide bonds. The Morgan fingerprint density at radius 3 is 2.42 bits per heavy atom. The fraction of sp³-hybridized carbons (Fsp3) is 0.316. The maximum atomic E-state index is 11.8. The minimum Gasteiger partial charge on any atom is -0.490 e. The highest BCUT2D eigenvalue weighted by Crippen LogP contribution is 2.26. The van der Waals surface area contributed by atoms with E-state index in [4.69, 9.17) is 9.47 Å². The maximum absolute atomic E-state index is 11.8. The van der Waals surface area contributed by atoms with Crippen LogP contribution in [0, 0.1) is 0 Å². The van der Waals surface area contributed by atoms with Crippen LogP contribution >= 0.6 is 0 Å². The van der Waals surface area contributed by atoms with E-state index in [1.165, 1.54) is 6.20 Å². The summed E-state index contributed by atoms with van der Waals surface area (Å²) >= 11 is 0. The summed E-state index contributed by atoms with van der Waals surface area (Å²) in [6, 6.07) is 10.6. The van der Waals surface area contributed by atoms with Crippen molar-refractivity contribution in [2.45, 2.75) is 13.3 Å². The zero-order valence-electron chi connectivity index (χ0n) is 14.7.